The quantitative estimate of drug-likeness (QED) is 0.0415. The Bertz CT molecular complexity index is 3780. The van der Waals surface area contributed by atoms with Gasteiger partial charge in [-0.15, -0.1) is 0 Å². The van der Waals surface area contributed by atoms with Crippen LogP contribution in [0, 0.1) is 0 Å². The molecule has 0 saturated carbocycles. The molecular formula is C71H89Cu2N13O6S2+2. The van der Waals surface area contributed by atoms with E-state index in [0.717, 1.165) is 87.6 Å². The number of sulfonamides is 2. The molecule has 0 atom stereocenters. The zero-order valence-electron chi connectivity index (χ0n) is 54.6. The van der Waals surface area contributed by atoms with Crippen LogP contribution in [0.5, 0.6) is 0 Å². The number of pyridine rings is 6. The van der Waals surface area contributed by atoms with Crippen LogP contribution in [0.15, 0.2) is 229 Å². The summed E-state index contributed by atoms with van der Waals surface area (Å²) in [4.78, 5) is 38.2. The first kappa shape index (κ1) is 79.0. The smallest absolute Gasteiger partial charge is 0.412 e. The predicted molar refractivity (Wildman–Crippen MR) is 371 cm³/mol. The Kier molecular flexibility index (Phi) is 33.7. The van der Waals surface area contributed by atoms with Crippen LogP contribution in [0.25, 0.3) is 21.5 Å². The maximum Gasteiger partial charge on any atom is 1.00 e. The van der Waals surface area contributed by atoms with Crippen LogP contribution < -0.4 is 9.80 Å². The predicted octanol–water partition coefficient (Wildman–Crippen LogP) is 10.1. The van der Waals surface area contributed by atoms with Gasteiger partial charge in [-0.3, -0.25) is 44.6 Å². The first-order valence-electron chi connectivity index (χ1n) is 30.6. The van der Waals surface area contributed by atoms with Crippen molar-refractivity contribution in [2.45, 2.75) is 75.7 Å². The summed E-state index contributed by atoms with van der Waals surface area (Å²) in [7, 11) is 2.52. The van der Waals surface area contributed by atoms with E-state index in [2.05, 4.69) is 51.7 Å². The van der Waals surface area contributed by atoms with E-state index in [1.165, 1.54) is 0 Å². The summed E-state index contributed by atoms with van der Waals surface area (Å²) in [5.74, 6) is 0. The molecule has 10 aromatic rings. The molecule has 0 saturated heterocycles. The molecule has 0 spiro atoms. The van der Waals surface area contributed by atoms with Crippen molar-refractivity contribution in [3.05, 3.63) is 253 Å². The summed E-state index contributed by atoms with van der Waals surface area (Å²) >= 11 is 0. The molecule has 0 aliphatic heterocycles. The van der Waals surface area contributed by atoms with Gasteiger partial charge in [0.25, 0.3) is 0 Å². The second-order valence-electron chi connectivity index (χ2n) is 22.4. The van der Waals surface area contributed by atoms with Crippen LogP contribution in [-0.2, 0) is 93.5 Å². The summed E-state index contributed by atoms with van der Waals surface area (Å²) in [5, 5.41) is 3.34. The van der Waals surface area contributed by atoms with Gasteiger partial charge in [0.15, 0.2) is 0 Å². The third-order valence-corrected chi connectivity index (χ3v) is 18.9. The van der Waals surface area contributed by atoms with E-state index in [0.29, 0.717) is 67.5 Å². The number of nitrogens with zero attached hydrogens (tertiary/aromatic N) is 13. The van der Waals surface area contributed by atoms with Gasteiger partial charge in [0.1, 0.15) is 0 Å². The fraction of sp³-hybridized carbons (Fsp3) is 0.296. The molecule has 19 nitrogen and oxygen atoms in total. The molecule has 4 aromatic carbocycles. The van der Waals surface area contributed by atoms with Gasteiger partial charge in [-0.2, -0.15) is 8.61 Å². The van der Waals surface area contributed by atoms with Gasteiger partial charge >= 0.3 is 34.1 Å². The fourth-order valence-electron chi connectivity index (χ4n) is 10.6. The van der Waals surface area contributed by atoms with Crippen LogP contribution in [0.4, 0.5) is 11.4 Å². The molecule has 0 radical (unpaired) electrons. The van der Waals surface area contributed by atoms with E-state index in [4.69, 9.17) is 0 Å². The Balaban J connectivity index is 0.000000361. The zero-order chi connectivity index (χ0) is 63.7. The number of fused-ring (bicyclic) bond motifs is 2. The third-order valence-electron chi connectivity index (χ3n) is 15.0. The minimum atomic E-state index is -3.95. The molecule has 506 valence electrons. The molecule has 0 bridgehead atoms. The van der Waals surface area contributed by atoms with E-state index in [1.54, 1.807) is 45.5 Å². The Morgan fingerprint density at radius 2 is 0.574 bits per heavy atom. The number of rotatable bonds is 28. The summed E-state index contributed by atoms with van der Waals surface area (Å²) in [5.41, 5.74) is 7.79. The molecule has 23 heteroatoms. The molecule has 0 fully saturated rings. The van der Waals surface area contributed by atoms with E-state index >= 15 is 0 Å². The van der Waals surface area contributed by atoms with E-state index in [9.17, 15) is 16.8 Å². The Labute approximate surface area is 577 Å². The largest absolute Gasteiger partial charge is 1.00 e. The zero-order valence-corrected chi connectivity index (χ0v) is 58.1. The molecular weight excluding hydrogens is 1320 g/mol. The van der Waals surface area contributed by atoms with Gasteiger partial charge < -0.3 is 20.8 Å². The van der Waals surface area contributed by atoms with Gasteiger partial charge in [-0.25, -0.2) is 16.8 Å². The van der Waals surface area contributed by atoms with Gasteiger partial charge in [-0.1, -0.05) is 98.8 Å². The number of benzene rings is 4. The maximum absolute atomic E-state index is 14.9. The van der Waals surface area contributed by atoms with Crippen molar-refractivity contribution >= 4 is 53.0 Å². The standard InChI is InChI=1S/C40H44N8O2S.C18H26N2O2S.C13H15N3.2Cu.2H2O/c1-45(2)39-19-11-18-38-37(39)17-12-20-40(38)51(49,50)48(27-25-46(29-33-13-3-7-21-41-33)30-34-14-4-8-22-42-34)28-26-47(31-35-15-5-9-23-43-35)32-36-16-6-10-24-44-36;1-5-13-20(14-6-2)23(21,22)18-12-8-9-15-16(18)10-7-11-17(15)19(3)4;1-16(10-12-6-2-4-8-14-12)11-13-7-3-5-9-15-13;;;;/h3-24H,25-32H2,1-2H3;7-12H,5-6,13-14H2,1-4H3;2-9H,10-11H2,1H3;;;2*1H2/q;;;2*+1;;. The van der Waals surface area contributed by atoms with Crippen LogP contribution in [-0.4, -0.2) is 156 Å². The number of hydrogen-bond acceptors (Lipinski definition) is 15. The Hall–Kier alpha value is -7.44. The SMILES string of the molecule is CCCN(CCC)S(=O)(=O)c1cccc2c(N(C)C)cccc12.CN(C)c1cccc2c(S(=O)(=O)N(CCN(Cc3ccccn3)Cc3ccccn3)CCN(Cc3ccccn3)Cc3ccccn3)cccc12.CN(Cc1ccccn1)Cc1ccccn1.O.O.[Cu+].[Cu+]. The minimum absolute atomic E-state index is 0. The van der Waals surface area contributed by atoms with Crippen molar-refractivity contribution in [2.75, 3.05) is 84.3 Å². The van der Waals surface area contributed by atoms with Crippen LogP contribution in [0.3, 0.4) is 0 Å². The average Bonchev–Trinajstić information content (AvgIpc) is 0.777. The maximum atomic E-state index is 14.9. The van der Waals surface area contributed by atoms with Crippen molar-refractivity contribution < 1.29 is 61.9 Å². The first-order valence-corrected chi connectivity index (χ1v) is 33.4. The van der Waals surface area contributed by atoms with Gasteiger partial charge in [0, 0.05) is 177 Å². The average molecular weight is 1410 g/mol. The third kappa shape index (κ3) is 22.9. The minimum Gasteiger partial charge on any atom is -0.412 e. The summed E-state index contributed by atoms with van der Waals surface area (Å²) in [6, 6.07) is 58.1. The molecule has 6 heterocycles. The van der Waals surface area contributed by atoms with Crippen LogP contribution >= 0.6 is 0 Å². The summed E-state index contributed by atoms with van der Waals surface area (Å²) in [6.45, 7) is 10.5. The fourth-order valence-corrected chi connectivity index (χ4v) is 14.1. The topological polar surface area (TPSA) is 231 Å². The molecule has 10 rings (SSSR count). The van der Waals surface area contributed by atoms with Crippen molar-refractivity contribution in [1.29, 1.82) is 0 Å². The summed E-state index contributed by atoms with van der Waals surface area (Å²) in [6.07, 6.45) is 12.4. The molecule has 0 amide bonds. The Morgan fingerprint density at radius 3 is 0.840 bits per heavy atom. The van der Waals surface area contributed by atoms with Crippen molar-refractivity contribution in [3.8, 4) is 0 Å². The van der Waals surface area contributed by atoms with E-state index in [1.807, 2.05) is 234 Å². The van der Waals surface area contributed by atoms with E-state index < -0.39 is 20.0 Å². The number of hydrogen-bond donors (Lipinski definition) is 0. The normalized spacial score (nSPS) is 11.2. The second kappa shape index (κ2) is 40.1. The molecule has 0 unspecified atom stereocenters. The van der Waals surface area contributed by atoms with Crippen molar-refractivity contribution in [1.82, 2.24) is 53.2 Å². The second-order valence-corrected chi connectivity index (χ2v) is 26.2. The molecule has 6 aromatic heterocycles. The summed E-state index contributed by atoms with van der Waals surface area (Å²) < 4.78 is 59.3. The number of anilines is 2. The first-order chi connectivity index (χ1) is 43.6. The molecule has 0 aliphatic rings. The van der Waals surface area contributed by atoms with Gasteiger partial charge in [0.2, 0.25) is 20.0 Å². The van der Waals surface area contributed by atoms with Crippen LogP contribution in [0.1, 0.15) is 60.9 Å². The number of aromatic nitrogens is 6. The monoisotopic (exact) mass is 1410 g/mol. The van der Waals surface area contributed by atoms with Crippen molar-refractivity contribution in [2.24, 2.45) is 0 Å². The van der Waals surface area contributed by atoms with E-state index in [-0.39, 0.29) is 58.2 Å². The van der Waals surface area contributed by atoms with Gasteiger partial charge in [0.05, 0.1) is 44.0 Å². The molecule has 4 N–H and O–H groups in total. The molecule has 0 aliphatic carbocycles. The Morgan fingerprint density at radius 1 is 0.309 bits per heavy atom. The molecule has 94 heavy (non-hydrogen) atoms. The van der Waals surface area contributed by atoms with Crippen molar-refractivity contribution in [3.63, 3.8) is 0 Å². The van der Waals surface area contributed by atoms with Gasteiger partial charge in [-0.05, 0) is 117 Å². The van der Waals surface area contributed by atoms with Crippen LogP contribution in [0.2, 0.25) is 0 Å².